The fourth-order valence-electron chi connectivity index (χ4n) is 0.880. The van der Waals surface area contributed by atoms with Gasteiger partial charge in [0.2, 0.25) is 0 Å². The first-order valence-electron chi connectivity index (χ1n) is 4.33. The van der Waals surface area contributed by atoms with Gasteiger partial charge in [-0.05, 0) is 34.0 Å². The van der Waals surface area contributed by atoms with Crippen molar-refractivity contribution in [2.75, 3.05) is 0 Å². The molecule has 1 rings (SSSR count). The smallest absolute Gasteiger partial charge is 0.133 e. The second kappa shape index (κ2) is 6.72. The highest BCUT2D eigenvalue weighted by molar-refractivity contribution is 9.10. The number of benzene rings is 1. The zero-order valence-corrected chi connectivity index (χ0v) is 9.63. The largest absolute Gasteiger partial charge is 0.506 e. The Morgan fingerprint density at radius 2 is 2.08 bits per heavy atom. The molecule has 0 saturated carbocycles. The highest BCUT2D eigenvalue weighted by atomic mass is 79.9. The van der Waals surface area contributed by atoms with E-state index in [1.165, 1.54) is 0 Å². The van der Waals surface area contributed by atoms with E-state index < -0.39 is 0 Å². The first kappa shape index (κ1) is 12.2. The second-order valence-electron chi connectivity index (χ2n) is 2.24. The predicted octanol–water partition coefficient (Wildman–Crippen LogP) is 3.91. The number of halogens is 1. The van der Waals surface area contributed by atoms with Crippen molar-refractivity contribution in [3.05, 3.63) is 40.9 Å². The molecular formula is C11H15BrO. The molecule has 0 aliphatic rings. The number of allylic oxidation sites excluding steroid dienone is 1. The molecule has 0 atom stereocenters. The van der Waals surface area contributed by atoms with Crippen LogP contribution in [0.4, 0.5) is 0 Å². The van der Waals surface area contributed by atoms with E-state index >= 15 is 0 Å². The number of rotatable bonds is 2. The van der Waals surface area contributed by atoms with Gasteiger partial charge >= 0.3 is 0 Å². The fourth-order valence-corrected chi connectivity index (χ4v) is 1.29. The molecule has 0 aliphatic heterocycles. The number of phenolic OH excluding ortho intramolecular Hbond substituents is 1. The van der Waals surface area contributed by atoms with Crippen molar-refractivity contribution in [2.24, 2.45) is 0 Å². The van der Waals surface area contributed by atoms with Crippen LogP contribution >= 0.6 is 15.9 Å². The molecule has 13 heavy (non-hydrogen) atoms. The third kappa shape index (κ3) is 3.64. The van der Waals surface area contributed by atoms with Crippen LogP contribution in [-0.2, 0) is 6.42 Å². The molecule has 1 aromatic rings. The van der Waals surface area contributed by atoms with Crippen molar-refractivity contribution in [3.63, 3.8) is 0 Å². The molecule has 1 N–H and O–H groups in total. The molecule has 0 aromatic heterocycles. The molecule has 0 heterocycles. The molecular weight excluding hydrogens is 228 g/mol. The molecule has 0 amide bonds. The average Bonchev–Trinajstić information content (AvgIpc) is 2.17. The molecule has 1 aromatic carbocycles. The Morgan fingerprint density at radius 1 is 1.46 bits per heavy atom. The van der Waals surface area contributed by atoms with Gasteiger partial charge < -0.3 is 5.11 Å². The summed E-state index contributed by atoms with van der Waals surface area (Å²) < 4.78 is 0.733. The van der Waals surface area contributed by atoms with Crippen molar-refractivity contribution in [3.8, 4) is 5.75 Å². The van der Waals surface area contributed by atoms with Crippen molar-refractivity contribution in [1.29, 1.82) is 0 Å². The van der Waals surface area contributed by atoms with E-state index in [1.54, 1.807) is 6.08 Å². The van der Waals surface area contributed by atoms with Crippen LogP contribution in [0.1, 0.15) is 19.4 Å². The monoisotopic (exact) mass is 242 g/mol. The summed E-state index contributed by atoms with van der Waals surface area (Å²) in [6.07, 6.45) is 2.47. The lowest BCUT2D eigenvalue weighted by Crippen LogP contribution is -1.81. The highest BCUT2D eigenvalue weighted by Crippen LogP contribution is 2.27. The lowest BCUT2D eigenvalue weighted by molar-refractivity contribution is 0.466. The molecule has 0 aliphatic carbocycles. The molecule has 1 nitrogen and oxygen atoms in total. The number of hydrogen-bond acceptors (Lipinski definition) is 1. The summed E-state index contributed by atoms with van der Waals surface area (Å²) in [7, 11) is 0. The molecule has 0 fully saturated rings. The van der Waals surface area contributed by atoms with Crippen molar-refractivity contribution >= 4 is 15.9 Å². The predicted molar refractivity (Wildman–Crippen MR) is 61.1 cm³/mol. The molecule has 0 bridgehead atoms. The molecule has 0 spiro atoms. The van der Waals surface area contributed by atoms with E-state index in [4.69, 9.17) is 0 Å². The van der Waals surface area contributed by atoms with E-state index in [0.29, 0.717) is 12.2 Å². The molecule has 0 radical (unpaired) electrons. The standard InChI is InChI=1S/C9H9BrO.C2H6/c1-2-4-7-5-3-6-8(10)9(7)11;1-2/h2-3,5-6,11H,1,4H2;1-2H3. The Balaban J connectivity index is 0.000000671. The van der Waals surface area contributed by atoms with Crippen LogP contribution in [0.5, 0.6) is 5.75 Å². The van der Waals surface area contributed by atoms with Gasteiger partial charge in [0.25, 0.3) is 0 Å². The molecule has 72 valence electrons. The fraction of sp³-hybridized carbons (Fsp3) is 0.273. The Hall–Kier alpha value is -0.760. The van der Waals surface area contributed by atoms with Gasteiger partial charge in [-0.15, -0.1) is 6.58 Å². The summed E-state index contributed by atoms with van der Waals surface area (Å²) in [5.74, 6) is 0.312. The first-order valence-corrected chi connectivity index (χ1v) is 5.12. The van der Waals surface area contributed by atoms with E-state index in [0.717, 1.165) is 10.0 Å². The van der Waals surface area contributed by atoms with E-state index in [1.807, 2.05) is 32.0 Å². The van der Waals surface area contributed by atoms with Crippen molar-refractivity contribution in [2.45, 2.75) is 20.3 Å². The number of aromatic hydroxyl groups is 1. The van der Waals surface area contributed by atoms with Crippen LogP contribution in [0.3, 0.4) is 0 Å². The lowest BCUT2D eigenvalue weighted by atomic mass is 10.1. The Kier molecular flexibility index (Phi) is 6.33. The Morgan fingerprint density at radius 3 is 2.62 bits per heavy atom. The summed E-state index contributed by atoms with van der Waals surface area (Å²) in [4.78, 5) is 0. The van der Waals surface area contributed by atoms with Crippen LogP contribution in [0.15, 0.2) is 35.3 Å². The Labute approximate surface area is 88.2 Å². The molecule has 0 unspecified atom stereocenters. The number of hydrogen-bond donors (Lipinski definition) is 1. The zero-order chi connectivity index (χ0) is 10.3. The molecule has 0 saturated heterocycles. The number of para-hydroxylation sites is 1. The SMILES string of the molecule is C=CCc1cccc(Br)c1O.CC. The van der Waals surface area contributed by atoms with Gasteiger partial charge in [0.05, 0.1) is 4.47 Å². The van der Waals surface area contributed by atoms with E-state index in [-0.39, 0.29) is 0 Å². The van der Waals surface area contributed by atoms with Gasteiger partial charge in [-0.25, -0.2) is 0 Å². The summed E-state index contributed by atoms with van der Waals surface area (Å²) in [5, 5.41) is 9.43. The lowest BCUT2D eigenvalue weighted by Gasteiger charge is -2.01. The van der Waals surface area contributed by atoms with Crippen LogP contribution in [0, 0.1) is 0 Å². The van der Waals surface area contributed by atoms with Gasteiger partial charge in [0, 0.05) is 0 Å². The summed E-state index contributed by atoms with van der Waals surface area (Å²) in [5.41, 5.74) is 0.898. The maximum Gasteiger partial charge on any atom is 0.133 e. The van der Waals surface area contributed by atoms with Gasteiger partial charge in [-0.3, -0.25) is 0 Å². The van der Waals surface area contributed by atoms with Crippen LogP contribution in [-0.4, -0.2) is 5.11 Å². The van der Waals surface area contributed by atoms with Crippen LogP contribution in [0.2, 0.25) is 0 Å². The van der Waals surface area contributed by atoms with Gasteiger partial charge in [-0.1, -0.05) is 32.1 Å². The molecule has 2 heteroatoms. The summed E-state index contributed by atoms with van der Waals surface area (Å²) >= 11 is 3.23. The minimum atomic E-state index is 0.312. The van der Waals surface area contributed by atoms with E-state index in [9.17, 15) is 5.11 Å². The summed E-state index contributed by atoms with van der Waals surface area (Å²) in [6.45, 7) is 7.60. The summed E-state index contributed by atoms with van der Waals surface area (Å²) in [6, 6.07) is 5.58. The van der Waals surface area contributed by atoms with Crippen LogP contribution in [0.25, 0.3) is 0 Å². The normalized spacial score (nSPS) is 8.54. The van der Waals surface area contributed by atoms with Gasteiger partial charge in [0.15, 0.2) is 0 Å². The minimum Gasteiger partial charge on any atom is -0.506 e. The highest BCUT2D eigenvalue weighted by Gasteiger charge is 2.01. The van der Waals surface area contributed by atoms with Crippen molar-refractivity contribution in [1.82, 2.24) is 0 Å². The minimum absolute atomic E-state index is 0.312. The second-order valence-corrected chi connectivity index (χ2v) is 3.09. The topological polar surface area (TPSA) is 20.2 Å². The average molecular weight is 243 g/mol. The maximum atomic E-state index is 9.43. The Bertz CT molecular complexity index is 269. The van der Waals surface area contributed by atoms with Crippen molar-refractivity contribution < 1.29 is 5.11 Å². The van der Waals surface area contributed by atoms with Gasteiger partial charge in [0.1, 0.15) is 5.75 Å². The first-order chi connectivity index (χ1) is 6.25. The van der Waals surface area contributed by atoms with E-state index in [2.05, 4.69) is 22.5 Å². The maximum absolute atomic E-state index is 9.43. The third-order valence-corrected chi connectivity index (χ3v) is 2.07. The van der Waals surface area contributed by atoms with Crippen LogP contribution < -0.4 is 0 Å². The quantitative estimate of drug-likeness (QED) is 0.781. The zero-order valence-electron chi connectivity index (χ0n) is 8.05. The third-order valence-electron chi connectivity index (χ3n) is 1.43. The van der Waals surface area contributed by atoms with Gasteiger partial charge in [-0.2, -0.15) is 0 Å². The number of phenols is 1.